The summed E-state index contributed by atoms with van der Waals surface area (Å²) in [6, 6.07) is 106. The molecule has 0 amide bonds. The normalized spacial score (nSPS) is 15.8. The predicted octanol–water partition coefficient (Wildman–Crippen LogP) is 23.8. The third-order valence-corrected chi connectivity index (χ3v) is 23.1. The van der Waals surface area contributed by atoms with Crippen molar-refractivity contribution in [2.24, 2.45) is 0 Å². The molecule has 19 rings (SSSR count). The van der Waals surface area contributed by atoms with Crippen LogP contribution in [0.1, 0.15) is 114 Å². The molecule has 4 aliphatic carbocycles. The van der Waals surface area contributed by atoms with E-state index in [4.69, 9.17) is 50.8 Å². The Morgan fingerprint density at radius 3 is 1.01 bits per heavy atom. The summed E-state index contributed by atoms with van der Waals surface area (Å²) in [6.45, 7) is 8.56. The summed E-state index contributed by atoms with van der Waals surface area (Å²) in [5.74, 6) is 3.90. The Labute approximate surface area is 627 Å². The van der Waals surface area contributed by atoms with Gasteiger partial charge in [0.2, 0.25) is 0 Å². The third kappa shape index (κ3) is 13.0. The van der Waals surface area contributed by atoms with Crippen LogP contribution in [0.15, 0.2) is 303 Å². The summed E-state index contributed by atoms with van der Waals surface area (Å²) in [5.41, 5.74) is 25.3. The Morgan fingerprint density at radius 2 is 0.566 bits per heavy atom. The summed E-state index contributed by atoms with van der Waals surface area (Å²) < 4.78 is 13.0. The second kappa shape index (κ2) is 28.8. The van der Waals surface area contributed by atoms with E-state index in [0.29, 0.717) is 40.0 Å². The quantitative estimate of drug-likeness (QED) is 0.125. The monoisotopic (exact) mass is 1400 g/mol. The van der Waals surface area contributed by atoms with Gasteiger partial charge < -0.3 is 9.31 Å². The van der Waals surface area contributed by atoms with Crippen LogP contribution in [0.4, 0.5) is 0 Å². The highest BCUT2D eigenvalue weighted by Gasteiger charge is 2.55. The highest BCUT2D eigenvalue weighted by atomic mass is 35.5. The number of rotatable bonds is 10. The van der Waals surface area contributed by atoms with Crippen LogP contribution in [-0.4, -0.2) is 48.2 Å². The molecule has 0 atom stereocenters. The summed E-state index contributed by atoms with van der Waals surface area (Å²) in [4.78, 5) is 29.4. The van der Waals surface area contributed by atoms with Gasteiger partial charge in [0.1, 0.15) is 0 Å². The van der Waals surface area contributed by atoms with Gasteiger partial charge in [-0.3, -0.25) is 0 Å². The first-order chi connectivity index (χ1) is 51.9. The third-order valence-electron chi connectivity index (χ3n) is 22.9. The second-order valence-electron chi connectivity index (χ2n) is 29.8. The molecule has 0 N–H and O–H groups in total. The molecule has 518 valence electrons. The molecule has 10 heteroatoms. The Kier molecular flexibility index (Phi) is 18.5. The van der Waals surface area contributed by atoms with Gasteiger partial charge in [-0.05, 0) is 173 Å². The minimum atomic E-state index is -0.314. The van der Waals surface area contributed by atoms with Crippen LogP contribution in [0.5, 0.6) is 0 Å². The van der Waals surface area contributed by atoms with Gasteiger partial charge >= 0.3 is 7.12 Å². The molecule has 0 unspecified atom stereocenters. The van der Waals surface area contributed by atoms with Crippen LogP contribution in [0, 0.1) is 0 Å². The SMILES string of the molecule is CC1(C)OB(c2cccc3c2C2(CCCCC2)c2ccccc2-3)OC1(C)C.Clc1ccc(-c2nc(-c3ccccc3)nc(-c3cccc(-c4ccccc4)c3)n2)cc1.c1ccc(-c2cccc(-c3nc(-c4ccccc4)nc(-c4ccc(-c5cccc6c5C5(CCCCC5)c5ccccc5-6)cc4)n3)c2)cc1. The lowest BCUT2D eigenvalue weighted by atomic mass is 9.62. The number of fused-ring (bicyclic) bond motifs is 10. The van der Waals surface area contributed by atoms with Crippen LogP contribution in [0.2, 0.25) is 5.02 Å². The van der Waals surface area contributed by atoms with E-state index < -0.39 is 0 Å². The maximum Gasteiger partial charge on any atom is 0.495 e. The number of halogens is 1. The molecule has 0 bridgehead atoms. The molecule has 0 radical (unpaired) electrons. The van der Waals surface area contributed by atoms with Crippen LogP contribution in [0.25, 0.3) is 124 Å². The first-order valence-corrected chi connectivity index (χ1v) is 37.9. The average molecular weight is 1400 g/mol. The lowest BCUT2D eigenvalue weighted by Gasteiger charge is -2.37. The van der Waals surface area contributed by atoms with E-state index in [-0.39, 0.29) is 29.2 Å². The molecule has 3 fully saturated rings. The summed E-state index contributed by atoms with van der Waals surface area (Å²) in [5, 5.41) is 0.678. The Balaban J connectivity index is 0.000000124. The molecular formula is C96H82BClN6O2. The number of hydrogen-bond donors (Lipinski definition) is 0. The van der Waals surface area contributed by atoms with Crippen molar-refractivity contribution >= 4 is 24.2 Å². The minimum absolute atomic E-state index is 0.0986. The van der Waals surface area contributed by atoms with Crippen molar-refractivity contribution in [3.8, 4) is 124 Å². The first-order valence-electron chi connectivity index (χ1n) is 37.5. The number of nitrogens with zero attached hydrogens (tertiary/aromatic N) is 6. The standard InChI is InChI=1S/C45H35N3.C27H18ClN3.C24H29BO2/c1-4-14-31(15-5-1)35-18-12-19-36(30-35)44-47-42(33-16-6-2-7-17-33)46-43(48-44)34-26-24-32(25-27-34)37-21-13-22-39-38-20-8-9-23-40(38)45(41(37)39)28-10-3-11-29-45;28-24-16-14-21(15-17-24)26-29-25(20-10-5-2-6-11-20)30-27(31-26)23-13-7-12-22(18-23)19-8-3-1-4-9-19;1-22(2)23(3,4)27-25(26-22)20-14-10-12-18-17-11-6-7-13-19(17)24(21(18)20)15-8-5-9-16-24/h1-2,4-9,12-27,30H,3,10-11,28-29H2;1-18H;6-7,10-14H,5,8-9,15-16H2,1-4H3. The minimum Gasteiger partial charge on any atom is -0.399 e. The zero-order valence-electron chi connectivity index (χ0n) is 60.4. The lowest BCUT2D eigenvalue weighted by molar-refractivity contribution is 0.00578. The summed E-state index contributed by atoms with van der Waals surface area (Å²) in [7, 11) is -0.293. The molecule has 1 aliphatic heterocycles. The van der Waals surface area contributed by atoms with Gasteiger partial charge in [-0.15, -0.1) is 0 Å². The van der Waals surface area contributed by atoms with Gasteiger partial charge in [-0.1, -0.05) is 317 Å². The second-order valence-corrected chi connectivity index (χ2v) is 30.2. The number of benzene rings is 12. The zero-order chi connectivity index (χ0) is 71.8. The Bertz CT molecular complexity index is 5490. The van der Waals surface area contributed by atoms with Crippen molar-refractivity contribution in [3.05, 3.63) is 331 Å². The van der Waals surface area contributed by atoms with Crippen molar-refractivity contribution in [1.82, 2.24) is 29.9 Å². The maximum absolute atomic E-state index is 6.49. The van der Waals surface area contributed by atoms with E-state index in [2.05, 4.69) is 222 Å². The zero-order valence-corrected chi connectivity index (χ0v) is 61.1. The molecule has 12 aromatic carbocycles. The van der Waals surface area contributed by atoms with E-state index >= 15 is 0 Å². The summed E-state index contributed by atoms with van der Waals surface area (Å²) >= 11 is 6.08. The fourth-order valence-corrected chi connectivity index (χ4v) is 17.1. The van der Waals surface area contributed by atoms with Gasteiger partial charge in [0.25, 0.3) is 0 Å². The van der Waals surface area contributed by atoms with Crippen molar-refractivity contribution in [1.29, 1.82) is 0 Å². The van der Waals surface area contributed by atoms with Gasteiger partial charge in [-0.25, -0.2) is 29.9 Å². The van der Waals surface area contributed by atoms with Crippen molar-refractivity contribution in [2.45, 2.75) is 114 Å². The molecular weight excluding hydrogens is 1320 g/mol. The van der Waals surface area contributed by atoms with Crippen LogP contribution in [0.3, 0.4) is 0 Å². The smallest absolute Gasteiger partial charge is 0.399 e. The van der Waals surface area contributed by atoms with Gasteiger partial charge in [0.05, 0.1) is 11.2 Å². The maximum atomic E-state index is 6.49. The Morgan fingerprint density at radius 1 is 0.264 bits per heavy atom. The highest BCUT2D eigenvalue weighted by Crippen LogP contribution is 2.59. The molecule has 2 saturated carbocycles. The summed E-state index contributed by atoms with van der Waals surface area (Å²) in [6.07, 6.45) is 12.7. The van der Waals surface area contributed by atoms with Gasteiger partial charge in [-0.2, -0.15) is 0 Å². The molecule has 14 aromatic rings. The predicted molar refractivity (Wildman–Crippen MR) is 434 cm³/mol. The van der Waals surface area contributed by atoms with E-state index in [1.165, 1.54) is 125 Å². The van der Waals surface area contributed by atoms with Gasteiger partial charge in [0.15, 0.2) is 34.9 Å². The van der Waals surface area contributed by atoms with E-state index in [1.807, 2.05) is 109 Å². The molecule has 8 nitrogen and oxygen atoms in total. The topological polar surface area (TPSA) is 95.8 Å². The number of hydrogen-bond acceptors (Lipinski definition) is 8. The fourth-order valence-electron chi connectivity index (χ4n) is 17.0. The Hall–Kier alpha value is -11.1. The first kappa shape index (κ1) is 68.1. The van der Waals surface area contributed by atoms with Crippen LogP contribution < -0.4 is 5.46 Å². The molecule has 1 saturated heterocycles. The lowest BCUT2D eigenvalue weighted by Crippen LogP contribution is -2.42. The van der Waals surface area contributed by atoms with E-state index in [0.717, 1.165) is 55.6 Å². The molecule has 3 heterocycles. The molecule has 5 aliphatic rings. The largest absolute Gasteiger partial charge is 0.495 e. The van der Waals surface area contributed by atoms with E-state index in [9.17, 15) is 0 Å². The van der Waals surface area contributed by atoms with Crippen molar-refractivity contribution in [2.75, 3.05) is 0 Å². The highest BCUT2D eigenvalue weighted by molar-refractivity contribution is 6.63. The number of aromatic nitrogens is 6. The van der Waals surface area contributed by atoms with Gasteiger partial charge in [0, 0.05) is 49.2 Å². The molecule has 106 heavy (non-hydrogen) atoms. The van der Waals surface area contributed by atoms with Crippen molar-refractivity contribution < 1.29 is 9.31 Å². The molecule has 2 spiro atoms. The van der Waals surface area contributed by atoms with Crippen LogP contribution >= 0.6 is 11.6 Å². The van der Waals surface area contributed by atoms with Crippen molar-refractivity contribution in [3.63, 3.8) is 0 Å². The molecule has 2 aromatic heterocycles. The fraction of sp³-hybridized carbons (Fsp3) is 0.188. The average Bonchev–Trinajstić information content (AvgIpc) is 1.56. The van der Waals surface area contributed by atoms with Crippen LogP contribution in [-0.2, 0) is 20.1 Å². The van der Waals surface area contributed by atoms with E-state index in [1.54, 1.807) is 0 Å².